The summed E-state index contributed by atoms with van der Waals surface area (Å²) in [7, 11) is 0. The van der Waals surface area contributed by atoms with Crippen molar-refractivity contribution in [2.75, 3.05) is 17.6 Å². The number of rotatable bonds is 6. The van der Waals surface area contributed by atoms with Crippen molar-refractivity contribution in [3.8, 4) is 17.3 Å². The van der Waals surface area contributed by atoms with Crippen LogP contribution in [0.1, 0.15) is 30.4 Å². The number of hydrogen-bond acceptors (Lipinski definition) is 4. The number of hydrogen-bond donors (Lipinski definition) is 2. The van der Waals surface area contributed by atoms with Gasteiger partial charge >= 0.3 is 0 Å². The van der Waals surface area contributed by atoms with Crippen molar-refractivity contribution < 1.29 is 8.85 Å². The van der Waals surface area contributed by atoms with Crippen LogP contribution in [-0.4, -0.2) is 16.5 Å². The van der Waals surface area contributed by atoms with Gasteiger partial charge in [0.1, 0.15) is 17.3 Å². The van der Waals surface area contributed by atoms with E-state index < -0.39 is 6.98 Å². The Kier molecular flexibility index (Phi) is 5.35. The van der Waals surface area contributed by atoms with Gasteiger partial charge in [-0.2, -0.15) is 0 Å². The number of fused-ring (bicyclic) bond motifs is 3. The Bertz CT molecular complexity index is 1900. The van der Waals surface area contributed by atoms with Gasteiger partial charge in [0.05, 0.1) is 22.4 Å². The molecule has 0 saturated carbocycles. The van der Waals surface area contributed by atoms with Crippen LogP contribution in [0.2, 0.25) is 0 Å². The minimum Gasteiger partial charge on any atom is -0.457 e. The largest absolute Gasteiger partial charge is 0.457 e. The molecule has 0 bridgehead atoms. The Morgan fingerprint density at radius 2 is 1.51 bits per heavy atom. The molecule has 5 nitrogen and oxygen atoms in total. The molecule has 0 fully saturated rings. The fourth-order valence-corrected chi connectivity index (χ4v) is 4.90. The van der Waals surface area contributed by atoms with Crippen LogP contribution in [0.4, 0.5) is 17.1 Å². The molecule has 0 amide bonds. The number of para-hydroxylation sites is 3. The summed E-state index contributed by atoms with van der Waals surface area (Å²) in [6, 6.07) is 33.5. The highest BCUT2D eigenvalue weighted by atomic mass is 16.5. The Hall–Kier alpha value is -4.77. The first kappa shape index (κ1) is 21.2. The first-order chi connectivity index (χ1) is 20.0. The number of pyridine rings is 1. The molecular formula is C34H32N4O. The third-order valence-corrected chi connectivity index (χ3v) is 6.90. The maximum Gasteiger partial charge on any atom is 0.137 e. The molecular weight excluding hydrogens is 480 g/mol. The molecule has 5 heteroatoms. The summed E-state index contributed by atoms with van der Waals surface area (Å²) in [4.78, 5) is 4.76. The molecule has 2 N–H and O–H groups in total. The van der Waals surface area contributed by atoms with Gasteiger partial charge in [0.25, 0.3) is 0 Å². The second-order valence-electron chi connectivity index (χ2n) is 10.6. The standard InChI is InChI=1S/C34H32N4O/c1-34(2,3)23-18-19-36-33(20-23)38-31-15-8-5-12-27(31)28-17-16-26(22-32(28)38)39-25-11-9-10-24(21-25)37-30-14-7-6-13-29(30)35-4/h5-22,35,37H,1-4H3/i4D3. The van der Waals surface area contributed by atoms with E-state index in [1.807, 2.05) is 54.7 Å². The summed E-state index contributed by atoms with van der Waals surface area (Å²) in [6.07, 6.45) is 1.88. The quantitative estimate of drug-likeness (QED) is 0.232. The first-order valence-electron chi connectivity index (χ1n) is 14.5. The Balaban J connectivity index is 1.36. The van der Waals surface area contributed by atoms with E-state index in [0.29, 0.717) is 22.9 Å². The summed E-state index contributed by atoms with van der Waals surface area (Å²) in [5.74, 6) is 2.21. The van der Waals surface area contributed by atoms with Gasteiger partial charge in [0.15, 0.2) is 0 Å². The molecule has 0 aliphatic rings. The third-order valence-electron chi connectivity index (χ3n) is 6.90. The van der Waals surface area contributed by atoms with Crippen molar-refractivity contribution in [1.29, 1.82) is 0 Å². The van der Waals surface area contributed by atoms with E-state index in [9.17, 15) is 0 Å². The van der Waals surface area contributed by atoms with E-state index in [-0.39, 0.29) is 5.41 Å². The Morgan fingerprint density at radius 1 is 0.744 bits per heavy atom. The van der Waals surface area contributed by atoms with Crippen LogP contribution in [0.3, 0.4) is 0 Å². The lowest BCUT2D eigenvalue weighted by Crippen LogP contribution is -2.12. The maximum absolute atomic E-state index is 7.57. The zero-order valence-electron chi connectivity index (χ0n) is 25.2. The number of anilines is 3. The molecule has 4 aromatic carbocycles. The van der Waals surface area contributed by atoms with Crippen LogP contribution in [0.5, 0.6) is 11.5 Å². The van der Waals surface area contributed by atoms with Gasteiger partial charge in [-0.15, -0.1) is 0 Å². The minimum atomic E-state index is -2.30. The van der Waals surface area contributed by atoms with Crippen LogP contribution < -0.4 is 15.4 Å². The highest BCUT2D eigenvalue weighted by molar-refractivity contribution is 6.09. The lowest BCUT2D eigenvalue weighted by Gasteiger charge is -2.20. The number of ether oxygens (including phenoxy) is 1. The van der Waals surface area contributed by atoms with Gasteiger partial charge in [-0.25, -0.2) is 4.98 Å². The van der Waals surface area contributed by atoms with Crippen molar-refractivity contribution in [1.82, 2.24) is 9.55 Å². The first-order valence-corrected chi connectivity index (χ1v) is 13.0. The number of nitrogens with one attached hydrogen (secondary N) is 2. The highest BCUT2D eigenvalue weighted by Crippen LogP contribution is 2.36. The predicted molar refractivity (Wildman–Crippen MR) is 163 cm³/mol. The van der Waals surface area contributed by atoms with Crippen molar-refractivity contribution in [2.45, 2.75) is 26.2 Å². The highest BCUT2D eigenvalue weighted by Gasteiger charge is 2.18. The lowest BCUT2D eigenvalue weighted by molar-refractivity contribution is 0.483. The SMILES string of the molecule is [2H]C([2H])([2H])Nc1ccccc1Nc1cccc(Oc2ccc3c4ccccc4n(-c4cc(C(C)(C)C)ccn4)c3c2)c1. The van der Waals surface area contributed by atoms with E-state index in [4.69, 9.17) is 13.8 Å². The van der Waals surface area contributed by atoms with E-state index in [1.54, 1.807) is 12.1 Å². The molecule has 0 saturated heterocycles. The maximum atomic E-state index is 7.57. The molecule has 0 radical (unpaired) electrons. The number of benzene rings is 4. The average molecular weight is 516 g/mol. The molecule has 0 unspecified atom stereocenters. The van der Waals surface area contributed by atoms with E-state index >= 15 is 0 Å². The molecule has 2 heterocycles. The topological polar surface area (TPSA) is 51.1 Å². The molecule has 0 aliphatic carbocycles. The number of aromatic nitrogens is 2. The van der Waals surface area contributed by atoms with Crippen molar-refractivity contribution in [2.24, 2.45) is 0 Å². The fraction of sp³-hybridized carbons (Fsp3) is 0.147. The van der Waals surface area contributed by atoms with Gasteiger partial charge in [-0.3, -0.25) is 4.57 Å². The van der Waals surface area contributed by atoms with Crippen molar-refractivity contribution in [3.63, 3.8) is 0 Å². The van der Waals surface area contributed by atoms with Crippen molar-refractivity contribution in [3.05, 3.63) is 115 Å². The number of nitrogens with zero attached hydrogens (tertiary/aromatic N) is 2. The molecule has 0 atom stereocenters. The van der Waals surface area contributed by atoms with Gasteiger partial charge in [-0.05, 0) is 65.6 Å². The van der Waals surface area contributed by atoms with Crippen LogP contribution in [0, 0.1) is 0 Å². The predicted octanol–water partition coefficient (Wildman–Crippen LogP) is 9.05. The van der Waals surface area contributed by atoms with Gasteiger partial charge in [0, 0.05) is 45.9 Å². The molecule has 6 aromatic rings. The van der Waals surface area contributed by atoms with Gasteiger partial charge in [0.2, 0.25) is 0 Å². The van der Waals surface area contributed by atoms with E-state index in [2.05, 4.69) is 78.4 Å². The van der Waals surface area contributed by atoms with Crippen LogP contribution in [-0.2, 0) is 5.41 Å². The normalized spacial score (nSPS) is 13.1. The zero-order valence-corrected chi connectivity index (χ0v) is 22.2. The zero-order chi connectivity index (χ0) is 29.5. The molecule has 194 valence electrons. The van der Waals surface area contributed by atoms with E-state index in [0.717, 1.165) is 33.3 Å². The monoisotopic (exact) mass is 515 g/mol. The lowest BCUT2D eigenvalue weighted by atomic mass is 9.88. The minimum absolute atomic E-state index is 0.00685. The van der Waals surface area contributed by atoms with Crippen LogP contribution >= 0.6 is 0 Å². The summed E-state index contributed by atoms with van der Waals surface area (Å²) in [6.45, 7) is 4.31. The van der Waals surface area contributed by atoms with E-state index in [1.165, 1.54) is 5.56 Å². The third kappa shape index (κ3) is 4.79. The van der Waals surface area contributed by atoms with Crippen LogP contribution in [0.25, 0.3) is 27.6 Å². The molecule has 39 heavy (non-hydrogen) atoms. The molecule has 2 aromatic heterocycles. The summed E-state index contributed by atoms with van der Waals surface area (Å²) < 4.78 is 31.3. The second-order valence-corrected chi connectivity index (χ2v) is 10.6. The summed E-state index contributed by atoms with van der Waals surface area (Å²) in [5.41, 5.74) is 5.21. The average Bonchev–Trinajstić information content (AvgIpc) is 3.27. The van der Waals surface area contributed by atoms with Gasteiger partial charge < -0.3 is 15.4 Å². The summed E-state index contributed by atoms with van der Waals surface area (Å²) in [5, 5.41) is 8.16. The fourth-order valence-electron chi connectivity index (χ4n) is 4.90. The smallest absolute Gasteiger partial charge is 0.137 e. The van der Waals surface area contributed by atoms with Crippen LogP contribution in [0.15, 0.2) is 109 Å². The molecule has 0 spiro atoms. The molecule has 6 rings (SSSR count). The Labute approximate surface area is 233 Å². The molecule has 0 aliphatic heterocycles. The van der Waals surface area contributed by atoms with Gasteiger partial charge in [-0.1, -0.05) is 57.2 Å². The summed E-state index contributed by atoms with van der Waals surface area (Å²) >= 11 is 0. The Morgan fingerprint density at radius 3 is 2.36 bits per heavy atom. The second kappa shape index (κ2) is 9.84. The van der Waals surface area contributed by atoms with Crippen molar-refractivity contribution >= 4 is 38.9 Å².